The van der Waals surface area contributed by atoms with Crippen LogP contribution in [0.5, 0.6) is 11.6 Å². The zero-order chi connectivity index (χ0) is 24.2. The molecule has 1 aromatic carbocycles. The number of rotatable bonds is 7. The van der Waals surface area contributed by atoms with Gasteiger partial charge in [0.1, 0.15) is 0 Å². The maximum absolute atomic E-state index is 6.14. The Morgan fingerprint density at radius 3 is 2.69 bits per heavy atom. The van der Waals surface area contributed by atoms with E-state index in [4.69, 9.17) is 20.2 Å². The first-order valence-electron chi connectivity index (χ1n) is 11.9. The molecule has 11 heteroatoms. The number of anilines is 2. The molecule has 2 saturated heterocycles. The van der Waals surface area contributed by atoms with Crippen LogP contribution in [0, 0.1) is 0 Å². The Balaban J connectivity index is 1.39. The molecule has 3 aromatic rings. The number of hydrogen-bond donors (Lipinski definition) is 2. The van der Waals surface area contributed by atoms with Crippen LogP contribution < -0.4 is 20.1 Å². The molecule has 35 heavy (non-hydrogen) atoms. The van der Waals surface area contributed by atoms with Gasteiger partial charge in [0.25, 0.3) is 5.88 Å². The zero-order valence-electron chi connectivity index (χ0n) is 20.2. The van der Waals surface area contributed by atoms with Crippen LogP contribution in [0.25, 0.3) is 11.3 Å². The molecule has 5 rings (SSSR count). The highest BCUT2D eigenvalue weighted by atomic mass is 32.2. The third-order valence-electron chi connectivity index (χ3n) is 6.40. The maximum atomic E-state index is 6.14. The van der Waals surface area contributed by atoms with Crippen LogP contribution in [0.4, 0.5) is 11.5 Å². The summed E-state index contributed by atoms with van der Waals surface area (Å²) in [5.41, 5.74) is 8.91. The number of nitrogens with zero attached hydrogens (tertiary/aromatic N) is 6. The van der Waals surface area contributed by atoms with Gasteiger partial charge >= 0.3 is 0 Å². The minimum absolute atomic E-state index is 0.245. The highest BCUT2D eigenvalue weighted by molar-refractivity contribution is 7.97. The number of nitrogens with one attached hydrogen (secondary N) is 1. The van der Waals surface area contributed by atoms with Gasteiger partial charge in [-0.15, -0.1) is 0 Å². The number of nitrogens with two attached hydrogens (primary N) is 1. The Labute approximate surface area is 209 Å². The van der Waals surface area contributed by atoms with E-state index < -0.39 is 0 Å². The van der Waals surface area contributed by atoms with Crippen molar-refractivity contribution in [2.45, 2.75) is 23.8 Å². The van der Waals surface area contributed by atoms with E-state index in [1.54, 1.807) is 24.3 Å². The molecule has 0 radical (unpaired) electrons. The molecule has 0 saturated carbocycles. The Morgan fingerprint density at radius 1 is 1.11 bits per heavy atom. The van der Waals surface area contributed by atoms with Gasteiger partial charge in [-0.2, -0.15) is 5.10 Å². The Morgan fingerprint density at radius 2 is 1.91 bits per heavy atom. The van der Waals surface area contributed by atoms with Gasteiger partial charge in [-0.05, 0) is 70.2 Å². The van der Waals surface area contributed by atoms with Crippen LogP contribution in [0.2, 0.25) is 0 Å². The lowest BCUT2D eigenvalue weighted by molar-refractivity contribution is 0.122. The molecule has 3 N–H and O–H groups in total. The first kappa shape index (κ1) is 23.9. The first-order chi connectivity index (χ1) is 17.1. The minimum Gasteiger partial charge on any atom is -0.433 e. The van der Waals surface area contributed by atoms with E-state index in [9.17, 15) is 0 Å². The zero-order valence-corrected chi connectivity index (χ0v) is 21.0. The van der Waals surface area contributed by atoms with Gasteiger partial charge in [0, 0.05) is 29.2 Å². The summed E-state index contributed by atoms with van der Waals surface area (Å²) in [5, 5.41) is 4.53. The summed E-state index contributed by atoms with van der Waals surface area (Å²) in [4.78, 5) is 14.9. The highest BCUT2D eigenvalue weighted by Gasteiger charge is 2.20. The van der Waals surface area contributed by atoms with Crippen molar-refractivity contribution in [3.8, 4) is 22.9 Å². The second-order valence-corrected chi connectivity index (χ2v) is 9.94. The van der Waals surface area contributed by atoms with Gasteiger partial charge in [0.2, 0.25) is 0 Å². The van der Waals surface area contributed by atoms with Gasteiger partial charge in [-0.1, -0.05) is 0 Å². The average Bonchev–Trinajstić information content (AvgIpc) is 3.35. The van der Waals surface area contributed by atoms with Gasteiger partial charge in [0.15, 0.2) is 11.6 Å². The Kier molecular flexibility index (Phi) is 7.37. The smallest absolute Gasteiger partial charge is 0.263 e. The number of benzene rings is 1. The predicted octanol–water partition coefficient (Wildman–Crippen LogP) is 3.04. The Bertz CT molecular complexity index is 1140. The number of hydrogen-bond acceptors (Lipinski definition) is 10. The average molecular weight is 497 g/mol. The highest BCUT2D eigenvalue weighted by Crippen LogP contribution is 2.33. The molecule has 0 unspecified atom stereocenters. The van der Waals surface area contributed by atoms with E-state index in [0.717, 1.165) is 68.4 Å². The standard InChI is InChI=1S/C24H32N8O2S/c1-26-35-21-12-17(11-19(13-21)31-7-9-33-10-8-31)22-15-27-23(25)24(29-22)34-20-14-28-32(16-20)18-3-5-30(2)6-4-18/h11-16,18,26H,3-10H2,1-2H3,(H2,25,27). The SMILES string of the molecule is CNSc1cc(-c2cnc(N)c(Oc3cnn(C4CCN(C)CC4)c3)n2)cc(N2CCOCC2)c1. The van der Waals surface area contributed by atoms with Crippen molar-refractivity contribution in [2.75, 3.05) is 64.1 Å². The molecule has 0 bridgehead atoms. The summed E-state index contributed by atoms with van der Waals surface area (Å²) >= 11 is 1.56. The molecule has 0 aliphatic carbocycles. The second kappa shape index (κ2) is 10.8. The van der Waals surface area contributed by atoms with Crippen molar-refractivity contribution in [1.29, 1.82) is 0 Å². The number of piperidine rings is 1. The van der Waals surface area contributed by atoms with Crippen LogP contribution in [-0.2, 0) is 4.74 Å². The molecule has 2 aliphatic rings. The summed E-state index contributed by atoms with van der Waals surface area (Å²) in [6, 6.07) is 6.78. The number of morpholine rings is 1. The third-order valence-corrected chi connectivity index (χ3v) is 7.08. The van der Waals surface area contributed by atoms with Gasteiger partial charge < -0.3 is 25.0 Å². The fourth-order valence-corrected chi connectivity index (χ4v) is 5.05. The van der Waals surface area contributed by atoms with E-state index in [-0.39, 0.29) is 11.7 Å². The fourth-order valence-electron chi connectivity index (χ4n) is 4.45. The number of likely N-dealkylation sites (tertiary alicyclic amines) is 1. The van der Waals surface area contributed by atoms with Crippen molar-refractivity contribution in [3.05, 3.63) is 36.8 Å². The molecule has 0 amide bonds. The third kappa shape index (κ3) is 5.69. The van der Waals surface area contributed by atoms with Crippen molar-refractivity contribution < 1.29 is 9.47 Å². The van der Waals surface area contributed by atoms with E-state index in [1.165, 1.54) is 0 Å². The maximum Gasteiger partial charge on any atom is 0.263 e. The lowest BCUT2D eigenvalue weighted by Gasteiger charge is -2.29. The predicted molar refractivity (Wildman–Crippen MR) is 138 cm³/mol. The molecule has 2 aromatic heterocycles. The quantitative estimate of drug-likeness (QED) is 0.474. The van der Waals surface area contributed by atoms with Gasteiger partial charge in [-0.25, -0.2) is 9.97 Å². The van der Waals surface area contributed by atoms with Crippen LogP contribution in [0.15, 0.2) is 41.7 Å². The molecule has 10 nitrogen and oxygen atoms in total. The lowest BCUT2D eigenvalue weighted by Crippen LogP contribution is -2.36. The molecular weight excluding hydrogens is 464 g/mol. The van der Waals surface area contributed by atoms with Gasteiger partial charge in [0.05, 0.1) is 43.5 Å². The summed E-state index contributed by atoms with van der Waals surface area (Å²) in [7, 11) is 4.06. The van der Waals surface area contributed by atoms with Crippen molar-refractivity contribution >= 4 is 23.5 Å². The summed E-state index contributed by atoms with van der Waals surface area (Å²) in [5.74, 6) is 1.13. The lowest BCUT2D eigenvalue weighted by atomic mass is 10.1. The molecular formula is C24H32N8O2S. The van der Waals surface area contributed by atoms with E-state index in [2.05, 4.69) is 49.9 Å². The topological polar surface area (TPSA) is 107 Å². The molecule has 0 spiro atoms. The summed E-state index contributed by atoms with van der Waals surface area (Å²) < 4.78 is 16.7. The molecule has 186 valence electrons. The van der Waals surface area contributed by atoms with Crippen LogP contribution >= 0.6 is 11.9 Å². The largest absolute Gasteiger partial charge is 0.433 e. The Hall–Kier alpha value is -2.86. The first-order valence-corrected chi connectivity index (χ1v) is 12.8. The normalized spacial score (nSPS) is 17.6. The molecule has 2 aliphatic heterocycles. The summed E-state index contributed by atoms with van der Waals surface area (Å²) in [6.07, 6.45) is 7.47. The fraction of sp³-hybridized carbons (Fsp3) is 0.458. The monoisotopic (exact) mass is 496 g/mol. The van der Waals surface area contributed by atoms with E-state index >= 15 is 0 Å². The second-order valence-electron chi connectivity index (χ2n) is 8.86. The van der Waals surface area contributed by atoms with E-state index in [0.29, 0.717) is 17.5 Å². The van der Waals surface area contributed by atoms with Crippen molar-refractivity contribution in [1.82, 2.24) is 29.4 Å². The minimum atomic E-state index is 0.245. The van der Waals surface area contributed by atoms with Crippen LogP contribution in [0.3, 0.4) is 0 Å². The number of aromatic nitrogens is 4. The number of nitrogen functional groups attached to an aromatic ring is 1. The molecule has 2 fully saturated rings. The van der Waals surface area contributed by atoms with Crippen molar-refractivity contribution in [3.63, 3.8) is 0 Å². The van der Waals surface area contributed by atoms with Crippen molar-refractivity contribution in [2.24, 2.45) is 0 Å². The summed E-state index contributed by atoms with van der Waals surface area (Å²) in [6.45, 7) is 5.30. The molecule has 0 atom stereocenters. The molecule has 4 heterocycles. The van der Waals surface area contributed by atoms with Gasteiger partial charge in [-0.3, -0.25) is 9.40 Å². The van der Waals surface area contributed by atoms with Crippen LogP contribution in [0.1, 0.15) is 18.9 Å². The van der Waals surface area contributed by atoms with E-state index in [1.807, 2.05) is 17.9 Å². The van der Waals surface area contributed by atoms with Crippen LogP contribution in [-0.4, -0.2) is 78.1 Å². The number of ether oxygens (including phenoxy) is 2.